The van der Waals surface area contributed by atoms with E-state index < -0.39 is 24.0 Å². The first-order valence-electron chi connectivity index (χ1n) is 6.25. The van der Waals surface area contributed by atoms with Gasteiger partial charge in [-0.15, -0.1) is 0 Å². The van der Waals surface area contributed by atoms with Gasteiger partial charge in [0, 0.05) is 11.1 Å². The first kappa shape index (κ1) is 18.6. The van der Waals surface area contributed by atoms with Gasteiger partial charge >= 0.3 is 17.9 Å². The second kappa shape index (κ2) is 8.73. The lowest BCUT2D eigenvalue weighted by atomic mass is 10.1. The van der Waals surface area contributed by atoms with Gasteiger partial charge in [0.2, 0.25) is 0 Å². The molecular weight excluding hydrogens is 276 g/mol. The summed E-state index contributed by atoms with van der Waals surface area (Å²) in [5, 5.41) is 0. The molecule has 0 heterocycles. The molecule has 0 aromatic carbocycles. The molecule has 6 heteroatoms. The summed E-state index contributed by atoms with van der Waals surface area (Å²) in [6.45, 7) is 14.7. The lowest BCUT2D eigenvalue weighted by Crippen LogP contribution is -2.31. The molecule has 0 aromatic rings. The Bertz CT molecular complexity index is 475. The minimum atomic E-state index is -1.14. The second-order valence-electron chi connectivity index (χ2n) is 4.30. The molecule has 6 nitrogen and oxygen atoms in total. The molecule has 1 atom stereocenters. The van der Waals surface area contributed by atoms with E-state index in [4.69, 9.17) is 14.2 Å². The molecule has 0 spiro atoms. The number of carbonyl (C=O) groups is 3. The molecule has 0 bridgehead atoms. The largest absolute Gasteiger partial charge is 0.463 e. The Hall–Kier alpha value is -2.37. The van der Waals surface area contributed by atoms with Gasteiger partial charge in [-0.05, 0) is 20.8 Å². The first-order valence-corrected chi connectivity index (χ1v) is 6.25. The summed E-state index contributed by atoms with van der Waals surface area (Å²) in [4.78, 5) is 34.5. The highest BCUT2D eigenvalue weighted by Gasteiger charge is 2.26. The molecule has 0 aliphatic rings. The first-order chi connectivity index (χ1) is 9.70. The number of esters is 3. The van der Waals surface area contributed by atoms with Crippen molar-refractivity contribution in [3.63, 3.8) is 0 Å². The molecule has 21 heavy (non-hydrogen) atoms. The van der Waals surface area contributed by atoms with Crippen molar-refractivity contribution >= 4 is 17.9 Å². The van der Waals surface area contributed by atoms with Crippen molar-refractivity contribution in [2.45, 2.75) is 26.9 Å². The zero-order chi connectivity index (χ0) is 16.6. The van der Waals surface area contributed by atoms with Crippen LogP contribution in [0.25, 0.3) is 0 Å². The summed E-state index contributed by atoms with van der Waals surface area (Å²) in [6, 6.07) is 0. The predicted octanol–water partition coefficient (Wildman–Crippen LogP) is 1.71. The predicted molar refractivity (Wildman–Crippen MR) is 76.2 cm³/mol. The number of carbonyl (C=O) groups excluding carboxylic acids is 3. The maximum Gasteiger partial charge on any atom is 0.337 e. The number of hydrogen-bond acceptors (Lipinski definition) is 6. The molecule has 0 aromatic heterocycles. The van der Waals surface area contributed by atoms with Crippen LogP contribution in [0.1, 0.15) is 20.8 Å². The Morgan fingerprint density at radius 1 is 0.905 bits per heavy atom. The minimum Gasteiger partial charge on any atom is -0.463 e. The third-order valence-electron chi connectivity index (χ3n) is 2.24. The van der Waals surface area contributed by atoms with Crippen LogP contribution < -0.4 is 0 Å². The van der Waals surface area contributed by atoms with Gasteiger partial charge in [-0.25, -0.2) is 14.4 Å². The van der Waals surface area contributed by atoms with E-state index in [9.17, 15) is 14.4 Å². The van der Waals surface area contributed by atoms with Gasteiger partial charge in [0.05, 0.1) is 12.2 Å². The average molecular weight is 296 g/mol. The standard InChI is InChI=1S/C15H20O6/c1-7-19-15(18)11(6)12(21-14(17)10(4)5)8-20-13(16)9(2)3/h12H,2,4,6-8H2,1,3,5H3. The lowest BCUT2D eigenvalue weighted by molar-refractivity contribution is -0.154. The third-order valence-corrected chi connectivity index (χ3v) is 2.24. The molecule has 0 fully saturated rings. The number of ether oxygens (including phenoxy) is 3. The molecule has 0 aliphatic carbocycles. The van der Waals surface area contributed by atoms with Crippen LogP contribution in [-0.4, -0.2) is 37.2 Å². The summed E-state index contributed by atoms with van der Waals surface area (Å²) in [7, 11) is 0. The van der Waals surface area contributed by atoms with Gasteiger partial charge in [-0.3, -0.25) is 0 Å². The Labute approximate surface area is 124 Å². The molecular formula is C15H20O6. The normalized spacial score (nSPS) is 11.0. The Morgan fingerprint density at radius 2 is 1.43 bits per heavy atom. The van der Waals surface area contributed by atoms with Crippen molar-refractivity contribution < 1.29 is 28.6 Å². The van der Waals surface area contributed by atoms with E-state index in [1.807, 2.05) is 0 Å². The number of rotatable bonds is 8. The van der Waals surface area contributed by atoms with Crippen molar-refractivity contribution in [1.82, 2.24) is 0 Å². The molecule has 0 saturated carbocycles. The molecule has 1 unspecified atom stereocenters. The van der Waals surface area contributed by atoms with Gasteiger partial charge < -0.3 is 14.2 Å². The maximum atomic E-state index is 11.6. The van der Waals surface area contributed by atoms with Crippen LogP contribution >= 0.6 is 0 Å². The van der Waals surface area contributed by atoms with Gasteiger partial charge in [0.25, 0.3) is 0 Å². The van der Waals surface area contributed by atoms with E-state index in [1.54, 1.807) is 6.92 Å². The second-order valence-corrected chi connectivity index (χ2v) is 4.30. The molecule has 0 radical (unpaired) electrons. The van der Waals surface area contributed by atoms with Crippen LogP contribution in [0.2, 0.25) is 0 Å². The highest BCUT2D eigenvalue weighted by molar-refractivity contribution is 5.92. The fraction of sp³-hybridized carbons (Fsp3) is 0.400. The summed E-state index contributed by atoms with van der Waals surface area (Å²) in [6.07, 6.45) is -1.14. The zero-order valence-electron chi connectivity index (χ0n) is 12.6. The monoisotopic (exact) mass is 296 g/mol. The van der Waals surface area contributed by atoms with E-state index in [-0.39, 0.29) is 29.9 Å². The highest BCUT2D eigenvalue weighted by atomic mass is 16.6. The fourth-order valence-corrected chi connectivity index (χ4v) is 1.07. The third kappa shape index (κ3) is 6.56. The molecule has 0 amide bonds. The summed E-state index contributed by atoms with van der Waals surface area (Å²) < 4.78 is 14.7. The van der Waals surface area contributed by atoms with E-state index in [1.165, 1.54) is 13.8 Å². The number of hydrogen-bond donors (Lipinski definition) is 0. The van der Waals surface area contributed by atoms with Gasteiger partial charge in [-0.1, -0.05) is 19.7 Å². The molecule has 0 saturated heterocycles. The van der Waals surface area contributed by atoms with Crippen LogP contribution in [0.15, 0.2) is 36.5 Å². The van der Waals surface area contributed by atoms with Gasteiger partial charge in [0.1, 0.15) is 6.61 Å². The quantitative estimate of drug-likeness (QED) is 0.385. The minimum absolute atomic E-state index is 0.124. The SMILES string of the molecule is C=C(C)C(=O)OCC(OC(=O)C(=C)C)C(=C)C(=O)OCC. The van der Waals surface area contributed by atoms with Crippen LogP contribution in [0.4, 0.5) is 0 Å². The highest BCUT2D eigenvalue weighted by Crippen LogP contribution is 2.11. The van der Waals surface area contributed by atoms with Crippen LogP contribution in [-0.2, 0) is 28.6 Å². The van der Waals surface area contributed by atoms with E-state index in [2.05, 4.69) is 19.7 Å². The van der Waals surface area contributed by atoms with Crippen molar-refractivity contribution in [1.29, 1.82) is 0 Å². The smallest absolute Gasteiger partial charge is 0.337 e. The molecule has 0 N–H and O–H groups in total. The van der Waals surface area contributed by atoms with Gasteiger partial charge in [0.15, 0.2) is 6.10 Å². The van der Waals surface area contributed by atoms with E-state index in [0.29, 0.717) is 0 Å². The fourth-order valence-electron chi connectivity index (χ4n) is 1.07. The van der Waals surface area contributed by atoms with Crippen LogP contribution in [0, 0.1) is 0 Å². The van der Waals surface area contributed by atoms with Crippen LogP contribution in [0.3, 0.4) is 0 Å². The average Bonchev–Trinajstić information content (AvgIpc) is 2.41. The Balaban J connectivity index is 4.91. The summed E-state index contributed by atoms with van der Waals surface area (Å²) in [5.41, 5.74) is 0.200. The van der Waals surface area contributed by atoms with E-state index >= 15 is 0 Å². The van der Waals surface area contributed by atoms with Crippen LogP contribution in [0.5, 0.6) is 0 Å². The zero-order valence-corrected chi connectivity index (χ0v) is 12.6. The maximum absolute atomic E-state index is 11.6. The molecule has 116 valence electrons. The van der Waals surface area contributed by atoms with Crippen molar-refractivity contribution in [3.05, 3.63) is 36.5 Å². The molecule has 0 rings (SSSR count). The Morgan fingerprint density at radius 3 is 1.86 bits per heavy atom. The summed E-state index contributed by atoms with van der Waals surface area (Å²) >= 11 is 0. The summed E-state index contributed by atoms with van der Waals surface area (Å²) in [5.74, 6) is -2.12. The molecule has 0 aliphatic heterocycles. The van der Waals surface area contributed by atoms with Crippen molar-refractivity contribution in [3.8, 4) is 0 Å². The van der Waals surface area contributed by atoms with Crippen molar-refractivity contribution in [2.75, 3.05) is 13.2 Å². The van der Waals surface area contributed by atoms with Crippen molar-refractivity contribution in [2.24, 2.45) is 0 Å². The van der Waals surface area contributed by atoms with E-state index in [0.717, 1.165) is 0 Å². The van der Waals surface area contributed by atoms with Gasteiger partial charge in [-0.2, -0.15) is 0 Å². The lowest BCUT2D eigenvalue weighted by Gasteiger charge is -2.19. The Kier molecular flexibility index (Phi) is 7.75. The topological polar surface area (TPSA) is 78.9 Å².